The number of benzene rings is 1. The summed E-state index contributed by atoms with van der Waals surface area (Å²) in [4.78, 5) is 3.06. The van der Waals surface area contributed by atoms with Crippen LogP contribution in [0.5, 0.6) is 0 Å². The van der Waals surface area contributed by atoms with Gasteiger partial charge >= 0.3 is 0 Å². The fraction of sp³-hybridized carbons (Fsp3) is 0.533. The number of fused-ring (bicyclic) bond motifs is 1. The van der Waals surface area contributed by atoms with Gasteiger partial charge in [0.15, 0.2) is 4.77 Å². The normalized spacial score (nSPS) is 13.0. The Balaban J connectivity index is 2.36. The molecule has 0 aliphatic rings. The van der Waals surface area contributed by atoms with E-state index in [1.54, 1.807) is 6.07 Å². The van der Waals surface area contributed by atoms with Crippen molar-refractivity contribution in [2.45, 2.75) is 46.1 Å². The number of hydrogen-bond acceptors (Lipinski definition) is 1. The molecule has 0 aliphatic carbocycles. The number of aromatic nitrogens is 2. The molecule has 2 rings (SSSR count). The Morgan fingerprint density at radius 1 is 1.40 bits per heavy atom. The van der Waals surface area contributed by atoms with Crippen molar-refractivity contribution in [1.29, 1.82) is 0 Å². The van der Waals surface area contributed by atoms with Gasteiger partial charge in [-0.15, -0.1) is 0 Å². The Hall–Kier alpha value is -0.870. The minimum atomic E-state index is -0.416. The Labute approximate surface area is 128 Å². The van der Waals surface area contributed by atoms with Gasteiger partial charge in [0.2, 0.25) is 0 Å². The first kappa shape index (κ1) is 15.5. The molecule has 0 spiro atoms. The molecular formula is C15H20ClFN2S. The zero-order valence-electron chi connectivity index (χ0n) is 11.9. The molecule has 1 atom stereocenters. The molecular weight excluding hydrogens is 295 g/mol. The SMILES string of the molecule is CCCCC(CC)Cn1c(=S)[nH]c2cc(F)c(Cl)cc21. The minimum Gasteiger partial charge on any atom is -0.330 e. The van der Waals surface area contributed by atoms with Gasteiger partial charge in [-0.3, -0.25) is 0 Å². The van der Waals surface area contributed by atoms with E-state index < -0.39 is 5.82 Å². The van der Waals surface area contributed by atoms with Crippen LogP contribution in [0.15, 0.2) is 12.1 Å². The molecule has 0 aliphatic heterocycles. The van der Waals surface area contributed by atoms with Crippen LogP contribution in [-0.4, -0.2) is 9.55 Å². The molecule has 1 unspecified atom stereocenters. The lowest BCUT2D eigenvalue weighted by Gasteiger charge is -2.15. The molecule has 0 fully saturated rings. The van der Waals surface area contributed by atoms with Crippen molar-refractivity contribution in [2.75, 3.05) is 0 Å². The molecule has 0 saturated carbocycles. The standard InChI is InChI=1S/C15H20ClFN2S/c1-3-5-6-10(4-2)9-19-14-7-11(16)12(17)8-13(14)18-15(19)20/h7-8,10H,3-6,9H2,1-2H3,(H,18,20). The van der Waals surface area contributed by atoms with Crippen LogP contribution in [-0.2, 0) is 6.54 Å². The van der Waals surface area contributed by atoms with Crippen LogP contribution in [0.2, 0.25) is 5.02 Å². The van der Waals surface area contributed by atoms with E-state index in [0.29, 0.717) is 16.2 Å². The van der Waals surface area contributed by atoms with E-state index in [0.717, 1.165) is 18.5 Å². The van der Waals surface area contributed by atoms with Gasteiger partial charge in [0, 0.05) is 12.6 Å². The van der Waals surface area contributed by atoms with Crippen LogP contribution in [0.25, 0.3) is 11.0 Å². The van der Waals surface area contributed by atoms with Crippen molar-refractivity contribution < 1.29 is 4.39 Å². The average molecular weight is 315 g/mol. The van der Waals surface area contributed by atoms with Crippen LogP contribution in [0.4, 0.5) is 4.39 Å². The maximum absolute atomic E-state index is 13.5. The van der Waals surface area contributed by atoms with Crippen molar-refractivity contribution in [3.63, 3.8) is 0 Å². The smallest absolute Gasteiger partial charge is 0.178 e. The number of hydrogen-bond donors (Lipinski definition) is 1. The maximum Gasteiger partial charge on any atom is 0.178 e. The molecule has 110 valence electrons. The molecule has 0 amide bonds. The van der Waals surface area contributed by atoms with Crippen LogP contribution < -0.4 is 0 Å². The van der Waals surface area contributed by atoms with Gasteiger partial charge in [-0.1, -0.05) is 44.7 Å². The summed E-state index contributed by atoms with van der Waals surface area (Å²) in [7, 11) is 0. The summed E-state index contributed by atoms with van der Waals surface area (Å²) < 4.78 is 16.2. The van der Waals surface area contributed by atoms with E-state index in [1.807, 2.05) is 4.57 Å². The molecule has 2 aromatic rings. The predicted molar refractivity (Wildman–Crippen MR) is 85.4 cm³/mol. The summed E-state index contributed by atoms with van der Waals surface area (Å²) in [5.74, 6) is 0.171. The van der Waals surface area contributed by atoms with E-state index >= 15 is 0 Å². The third-order valence-corrected chi connectivity index (χ3v) is 4.41. The van der Waals surface area contributed by atoms with Gasteiger partial charge in [-0.2, -0.15) is 0 Å². The highest BCUT2D eigenvalue weighted by Crippen LogP contribution is 2.25. The number of imidazole rings is 1. The van der Waals surface area contributed by atoms with E-state index in [4.69, 9.17) is 23.8 Å². The third-order valence-electron chi connectivity index (χ3n) is 3.80. The molecule has 5 heteroatoms. The summed E-state index contributed by atoms with van der Waals surface area (Å²) >= 11 is 11.2. The molecule has 2 nitrogen and oxygen atoms in total. The summed E-state index contributed by atoms with van der Waals surface area (Å²) in [5.41, 5.74) is 1.60. The largest absolute Gasteiger partial charge is 0.330 e. The Bertz CT molecular complexity index is 647. The molecule has 0 bridgehead atoms. The third kappa shape index (κ3) is 3.23. The highest BCUT2D eigenvalue weighted by atomic mass is 35.5. The number of halogens is 2. The Kier molecular flexibility index (Phi) is 5.22. The van der Waals surface area contributed by atoms with Crippen molar-refractivity contribution in [1.82, 2.24) is 9.55 Å². The van der Waals surface area contributed by atoms with Gasteiger partial charge in [0.25, 0.3) is 0 Å². The fourth-order valence-electron chi connectivity index (χ4n) is 2.51. The van der Waals surface area contributed by atoms with E-state index in [2.05, 4.69) is 18.8 Å². The first-order valence-electron chi connectivity index (χ1n) is 7.14. The quantitative estimate of drug-likeness (QED) is 0.677. The van der Waals surface area contributed by atoms with E-state index in [9.17, 15) is 4.39 Å². The fourth-order valence-corrected chi connectivity index (χ4v) is 2.95. The summed E-state index contributed by atoms with van der Waals surface area (Å²) in [6.07, 6.45) is 4.73. The molecule has 1 N–H and O–H groups in total. The lowest BCUT2D eigenvalue weighted by Crippen LogP contribution is -2.10. The van der Waals surface area contributed by atoms with E-state index in [1.165, 1.54) is 25.3 Å². The van der Waals surface area contributed by atoms with Crippen molar-refractivity contribution in [3.05, 3.63) is 27.7 Å². The van der Waals surface area contributed by atoms with Gasteiger partial charge in [0.05, 0.1) is 16.1 Å². The molecule has 1 heterocycles. The molecule has 0 radical (unpaired) electrons. The first-order valence-corrected chi connectivity index (χ1v) is 7.93. The van der Waals surface area contributed by atoms with Crippen molar-refractivity contribution >= 4 is 34.9 Å². The topological polar surface area (TPSA) is 20.7 Å². The second kappa shape index (κ2) is 6.72. The maximum atomic E-state index is 13.5. The molecule has 20 heavy (non-hydrogen) atoms. The first-order chi connectivity index (χ1) is 9.56. The van der Waals surface area contributed by atoms with Crippen molar-refractivity contribution in [3.8, 4) is 0 Å². The zero-order valence-corrected chi connectivity index (χ0v) is 13.5. The highest BCUT2D eigenvalue weighted by Gasteiger charge is 2.13. The molecule has 0 saturated heterocycles. The van der Waals surface area contributed by atoms with Crippen LogP contribution in [0.3, 0.4) is 0 Å². The number of rotatable bonds is 6. The van der Waals surface area contributed by atoms with Gasteiger partial charge in [-0.25, -0.2) is 4.39 Å². The van der Waals surface area contributed by atoms with Gasteiger partial charge < -0.3 is 9.55 Å². The zero-order chi connectivity index (χ0) is 14.7. The number of nitrogens with one attached hydrogen (secondary N) is 1. The van der Waals surface area contributed by atoms with Crippen LogP contribution >= 0.6 is 23.8 Å². The Morgan fingerprint density at radius 2 is 2.15 bits per heavy atom. The van der Waals surface area contributed by atoms with Gasteiger partial charge in [0.1, 0.15) is 5.82 Å². The molecule has 1 aromatic carbocycles. The molecule has 1 aromatic heterocycles. The number of unbranched alkanes of at least 4 members (excludes halogenated alkanes) is 1. The van der Waals surface area contributed by atoms with Gasteiger partial charge in [-0.05, 0) is 30.6 Å². The lowest BCUT2D eigenvalue weighted by atomic mass is 9.99. The summed E-state index contributed by atoms with van der Waals surface area (Å²) in [6.45, 7) is 5.26. The lowest BCUT2D eigenvalue weighted by molar-refractivity contribution is 0.393. The second-order valence-corrected chi connectivity index (χ2v) is 6.03. The monoisotopic (exact) mass is 314 g/mol. The predicted octanol–water partition coefficient (Wildman–Crippen LogP) is 5.71. The number of H-pyrrole nitrogens is 1. The van der Waals surface area contributed by atoms with Crippen molar-refractivity contribution in [2.24, 2.45) is 5.92 Å². The summed E-state index contributed by atoms with van der Waals surface area (Å²) in [5, 5.41) is 0.141. The highest BCUT2D eigenvalue weighted by molar-refractivity contribution is 7.71. The van der Waals surface area contributed by atoms with Crippen LogP contribution in [0.1, 0.15) is 39.5 Å². The minimum absolute atomic E-state index is 0.141. The second-order valence-electron chi connectivity index (χ2n) is 5.24. The number of aromatic amines is 1. The number of nitrogens with zero attached hydrogens (tertiary/aromatic N) is 1. The Morgan fingerprint density at radius 3 is 2.80 bits per heavy atom. The van der Waals surface area contributed by atoms with E-state index in [-0.39, 0.29) is 5.02 Å². The average Bonchev–Trinajstić information content (AvgIpc) is 2.71. The summed E-state index contributed by atoms with van der Waals surface area (Å²) in [6, 6.07) is 3.07. The van der Waals surface area contributed by atoms with Crippen LogP contribution in [0, 0.1) is 16.5 Å².